The smallest absolute Gasteiger partial charge is 0.315 e. The highest BCUT2D eigenvalue weighted by Crippen LogP contribution is 2.33. The molecule has 7 nitrogen and oxygen atoms in total. The van der Waals surface area contributed by atoms with Gasteiger partial charge in [0.05, 0.1) is 18.1 Å². The SMILES string of the molecule is COc1cc(C=Nc2cccc(C)n2)c(O)c([N+](=O)[O-])c1. The van der Waals surface area contributed by atoms with Crippen molar-refractivity contribution in [3.63, 3.8) is 0 Å². The predicted molar refractivity (Wildman–Crippen MR) is 77.5 cm³/mol. The molecule has 2 rings (SSSR count). The number of aromatic hydroxyl groups is 1. The topological polar surface area (TPSA) is 97.9 Å². The molecular weight excluding hydrogens is 274 g/mol. The van der Waals surface area contributed by atoms with Crippen molar-refractivity contribution in [1.82, 2.24) is 4.98 Å². The first kappa shape index (κ1) is 14.4. The molecule has 0 aliphatic carbocycles. The van der Waals surface area contributed by atoms with Gasteiger partial charge >= 0.3 is 5.69 Å². The van der Waals surface area contributed by atoms with Crippen LogP contribution in [0.25, 0.3) is 0 Å². The molecule has 1 aromatic carbocycles. The lowest BCUT2D eigenvalue weighted by Crippen LogP contribution is -1.95. The molecule has 0 aliphatic rings. The van der Waals surface area contributed by atoms with E-state index in [4.69, 9.17) is 4.74 Å². The Bertz CT molecular complexity index is 713. The zero-order valence-electron chi connectivity index (χ0n) is 11.5. The minimum absolute atomic E-state index is 0.185. The normalized spacial score (nSPS) is 10.8. The van der Waals surface area contributed by atoms with Gasteiger partial charge < -0.3 is 9.84 Å². The number of methoxy groups -OCH3 is 1. The van der Waals surface area contributed by atoms with Gasteiger partial charge in [0.25, 0.3) is 0 Å². The van der Waals surface area contributed by atoms with Crippen LogP contribution in [0.2, 0.25) is 0 Å². The Labute approximate surface area is 120 Å². The van der Waals surface area contributed by atoms with Crippen LogP contribution in [0.3, 0.4) is 0 Å². The first-order valence-corrected chi connectivity index (χ1v) is 6.04. The first-order chi connectivity index (χ1) is 10.0. The fourth-order valence-electron chi connectivity index (χ4n) is 1.71. The van der Waals surface area contributed by atoms with Crippen molar-refractivity contribution < 1.29 is 14.8 Å². The van der Waals surface area contributed by atoms with Crippen LogP contribution in [-0.2, 0) is 0 Å². The van der Waals surface area contributed by atoms with Gasteiger partial charge in [0.15, 0.2) is 5.82 Å². The molecule has 0 saturated heterocycles. The van der Waals surface area contributed by atoms with Crippen molar-refractivity contribution >= 4 is 17.7 Å². The van der Waals surface area contributed by atoms with Crippen molar-refractivity contribution in [2.75, 3.05) is 7.11 Å². The maximum Gasteiger partial charge on any atom is 0.315 e. The summed E-state index contributed by atoms with van der Waals surface area (Å²) >= 11 is 0. The highest BCUT2D eigenvalue weighted by molar-refractivity contribution is 5.88. The summed E-state index contributed by atoms with van der Waals surface area (Å²) in [6.45, 7) is 1.83. The summed E-state index contributed by atoms with van der Waals surface area (Å²) in [5, 5.41) is 20.8. The average molecular weight is 287 g/mol. The number of aryl methyl sites for hydroxylation is 1. The van der Waals surface area contributed by atoms with Crippen LogP contribution >= 0.6 is 0 Å². The third-order valence-electron chi connectivity index (χ3n) is 2.73. The van der Waals surface area contributed by atoms with E-state index in [-0.39, 0.29) is 11.3 Å². The van der Waals surface area contributed by atoms with Gasteiger partial charge in [0.2, 0.25) is 5.75 Å². The molecule has 2 aromatic rings. The fraction of sp³-hybridized carbons (Fsp3) is 0.143. The summed E-state index contributed by atoms with van der Waals surface area (Å²) in [4.78, 5) is 18.5. The molecule has 1 heterocycles. The molecular formula is C14H13N3O4. The van der Waals surface area contributed by atoms with Crippen LogP contribution < -0.4 is 4.74 Å². The highest BCUT2D eigenvalue weighted by atomic mass is 16.6. The molecule has 0 radical (unpaired) electrons. The lowest BCUT2D eigenvalue weighted by atomic mass is 10.1. The van der Waals surface area contributed by atoms with Crippen LogP contribution in [0, 0.1) is 17.0 Å². The van der Waals surface area contributed by atoms with Gasteiger partial charge in [0.1, 0.15) is 5.75 Å². The molecule has 0 atom stereocenters. The van der Waals surface area contributed by atoms with Crippen LogP contribution in [0.5, 0.6) is 11.5 Å². The number of phenolic OH excluding ortho intramolecular Hbond substituents is 1. The summed E-state index contributed by atoms with van der Waals surface area (Å²) in [6.07, 6.45) is 1.31. The van der Waals surface area contributed by atoms with Gasteiger partial charge in [-0.2, -0.15) is 0 Å². The Hall–Kier alpha value is -2.96. The van der Waals surface area contributed by atoms with Crippen LogP contribution in [0.1, 0.15) is 11.3 Å². The second kappa shape index (κ2) is 6.00. The van der Waals surface area contributed by atoms with E-state index in [2.05, 4.69) is 9.98 Å². The number of rotatable bonds is 4. The van der Waals surface area contributed by atoms with Gasteiger partial charge in [-0.05, 0) is 25.1 Å². The number of phenols is 1. The van der Waals surface area contributed by atoms with Gasteiger partial charge in [-0.3, -0.25) is 10.1 Å². The summed E-state index contributed by atoms with van der Waals surface area (Å²) < 4.78 is 4.98. The van der Waals surface area contributed by atoms with E-state index in [0.717, 1.165) is 11.8 Å². The molecule has 0 amide bonds. The molecule has 1 N–H and O–H groups in total. The Kier molecular flexibility index (Phi) is 4.13. The third kappa shape index (κ3) is 3.33. The highest BCUT2D eigenvalue weighted by Gasteiger charge is 2.18. The Morgan fingerprint density at radius 2 is 2.19 bits per heavy atom. The molecule has 108 valence electrons. The number of nitro groups is 1. The van der Waals surface area contributed by atoms with E-state index in [0.29, 0.717) is 5.82 Å². The van der Waals surface area contributed by atoms with Gasteiger partial charge in [-0.15, -0.1) is 0 Å². The Balaban J connectivity index is 2.43. The number of nitrogens with zero attached hydrogens (tertiary/aromatic N) is 3. The van der Waals surface area contributed by atoms with Gasteiger partial charge in [0, 0.05) is 17.5 Å². The van der Waals surface area contributed by atoms with Gasteiger partial charge in [-0.25, -0.2) is 9.98 Å². The average Bonchev–Trinajstić information content (AvgIpc) is 2.46. The molecule has 0 unspecified atom stereocenters. The lowest BCUT2D eigenvalue weighted by molar-refractivity contribution is -0.385. The van der Waals surface area contributed by atoms with Crippen molar-refractivity contribution in [3.8, 4) is 11.5 Å². The number of hydrogen-bond donors (Lipinski definition) is 1. The van der Waals surface area contributed by atoms with E-state index >= 15 is 0 Å². The number of pyridine rings is 1. The summed E-state index contributed by atoms with van der Waals surface area (Å²) in [5.41, 5.74) is 0.544. The van der Waals surface area contributed by atoms with Crippen molar-refractivity contribution in [2.24, 2.45) is 4.99 Å². The number of hydrogen-bond acceptors (Lipinski definition) is 6. The summed E-state index contributed by atoms with van der Waals surface area (Å²) in [5.74, 6) is 0.246. The van der Waals surface area contributed by atoms with E-state index in [1.165, 1.54) is 19.4 Å². The largest absolute Gasteiger partial charge is 0.502 e. The number of aliphatic imine (C=N–C) groups is 1. The molecule has 0 spiro atoms. The molecule has 0 fully saturated rings. The number of nitro benzene ring substituents is 1. The van der Waals surface area contributed by atoms with Crippen LogP contribution in [-0.4, -0.2) is 28.3 Å². The van der Waals surface area contributed by atoms with Gasteiger partial charge in [-0.1, -0.05) is 6.07 Å². The van der Waals surface area contributed by atoms with E-state index in [1.807, 2.05) is 13.0 Å². The van der Waals surface area contributed by atoms with Crippen molar-refractivity contribution in [3.05, 3.63) is 51.7 Å². The number of aromatic nitrogens is 1. The third-order valence-corrected chi connectivity index (χ3v) is 2.73. The fourth-order valence-corrected chi connectivity index (χ4v) is 1.71. The monoisotopic (exact) mass is 287 g/mol. The van der Waals surface area contributed by atoms with E-state index < -0.39 is 16.4 Å². The number of benzene rings is 1. The van der Waals surface area contributed by atoms with Crippen LogP contribution in [0.15, 0.2) is 35.3 Å². The molecule has 0 saturated carbocycles. The predicted octanol–water partition coefficient (Wildman–Crippen LogP) is 2.76. The Morgan fingerprint density at radius 3 is 2.81 bits per heavy atom. The quantitative estimate of drug-likeness (QED) is 0.529. The summed E-state index contributed by atoms with van der Waals surface area (Å²) in [6, 6.07) is 7.92. The minimum Gasteiger partial charge on any atom is -0.502 e. The lowest BCUT2D eigenvalue weighted by Gasteiger charge is -2.04. The maximum absolute atomic E-state index is 10.9. The zero-order valence-corrected chi connectivity index (χ0v) is 11.5. The molecule has 1 aromatic heterocycles. The second-order valence-electron chi connectivity index (χ2n) is 4.24. The van der Waals surface area contributed by atoms with Crippen molar-refractivity contribution in [1.29, 1.82) is 0 Å². The first-order valence-electron chi connectivity index (χ1n) is 6.04. The molecule has 21 heavy (non-hydrogen) atoms. The van der Waals surface area contributed by atoms with Crippen molar-refractivity contribution in [2.45, 2.75) is 6.92 Å². The standard InChI is InChI=1S/C14H13N3O4/c1-9-4-3-5-13(16-9)15-8-10-6-11(21-2)7-12(14(10)18)17(19)20/h3-8,18H,1-2H3. The minimum atomic E-state index is -0.680. The maximum atomic E-state index is 10.9. The Morgan fingerprint density at radius 1 is 1.43 bits per heavy atom. The van der Waals surface area contributed by atoms with Crippen LogP contribution in [0.4, 0.5) is 11.5 Å². The second-order valence-corrected chi connectivity index (χ2v) is 4.24. The number of ether oxygens (including phenoxy) is 1. The molecule has 0 aliphatic heterocycles. The molecule has 7 heteroatoms. The summed E-state index contributed by atoms with van der Waals surface area (Å²) in [7, 11) is 1.39. The van der Waals surface area contributed by atoms with E-state index in [9.17, 15) is 15.2 Å². The molecule has 0 bridgehead atoms. The van der Waals surface area contributed by atoms with E-state index in [1.54, 1.807) is 12.1 Å². The zero-order chi connectivity index (χ0) is 15.4.